The van der Waals surface area contributed by atoms with E-state index in [2.05, 4.69) is 17.0 Å². The molecule has 0 bridgehead atoms. The molecule has 4 rings (SSSR count). The van der Waals surface area contributed by atoms with E-state index < -0.39 is 15.4 Å². The molecule has 0 unspecified atom stereocenters. The van der Waals surface area contributed by atoms with Gasteiger partial charge >= 0.3 is 0 Å². The highest BCUT2D eigenvalue weighted by Crippen LogP contribution is 2.49. The molecule has 0 radical (unpaired) electrons. The Hall–Kier alpha value is -2.34. The number of anilines is 1. The molecule has 0 spiro atoms. The molecule has 2 aliphatic rings. The maximum absolute atomic E-state index is 12.9. The largest absolute Gasteiger partial charge is 0.353 e. The number of aryl methyl sites for hydroxylation is 1. The molecule has 2 aliphatic carbocycles. The molecule has 31 heavy (non-hydrogen) atoms. The minimum Gasteiger partial charge on any atom is -0.353 e. The first-order valence-electron chi connectivity index (χ1n) is 11.5. The van der Waals surface area contributed by atoms with Crippen LogP contribution in [0.2, 0.25) is 0 Å². The predicted octanol–water partition coefficient (Wildman–Crippen LogP) is 4.92. The first-order valence-corrected chi connectivity index (χ1v) is 12.9. The van der Waals surface area contributed by atoms with Crippen molar-refractivity contribution in [2.24, 2.45) is 0 Å². The van der Waals surface area contributed by atoms with Crippen molar-refractivity contribution >= 4 is 21.6 Å². The Morgan fingerprint density at radius 1 is 0.968 bits per heavy atom. The first kappa shape index (κ1) is 21.9. The lowest BCUT2D eigenvalue weighted by Gasteiger charge is -2.25. The number of carbonyl (C=O) groups excluding carboxylic acids is 1. The summed E-state index contributed by atoms with van der Waals surface area (Å²) in [5.41, 5.74) is 2.16. The van der Waals surface area contributed by atoms with Crippen LogP contribution in [0.5, 0.6) is 0 Å². The van der Waals surface area contributed by atoms with Gasteiger partial charge in [-0.2, -0.15) is 0 Å². The lowest BCUT2D eigenvalue weighted by Crippen LogP contribution is -2.42. The highest BCUT2D eigenvalue weighted by Gasteiger charge is 2.51. The molecule has 0 aromatic heterocycles. The highest BCUT2D eigenvalue weighted by molar-refractivity contribution is 7.92. The molecule has 0 saturated heterocycles. The van der Waals surface area contributed by atoms with Gasteiger partial charge in [0.2, 0.25) is 5.91 Å². The van der Waals surface area contributed by atoms with Crippen LogP contribution in [0.4, 0.5) is 5.69 Å². The van der Waals surface area contributed by atoms with Gasteiger partial charge in [0.1, 0.15) is 0 Å². The number of nitrogens with one attached hydrogen (secondary N) is 2. The van der Waals surface area contributed by atoms with Crippen LogP contribution in [0.15, 0.2) is 53.4 Å². The Bertz CT molecular complexity index is 1000. The zero-order valence-electron chi connectivity index (χ0n) is 18.2. The van der Waals surface area contributed by atoms with Crippen molar-refractivity contribution < 1.29 is 13.2 Å². The molecule has 166 valence electrons. The van der Waals surface area contributed by atoms with Crippen LogP contribution >= 0.6 is 0 Å². The standard InChI is InChI=1S/C25H32N2O3S/c1-2-6-19-9-15-23(16-10-19)31(29,30)27-22-13-11-20(12-14-22)25(17-18-25)24(28)26-21-7-4-3-5-8-21/h9-16,21,27H,2-8,17-18H2,1H3,(H,26,28). The lowest BCUT2D eigenvalue weighted by atomic mass is 9.91. The van der Waals surface area contributed by atoms with Crippen LogP contribution in [0.25, 0.3) is 0 Å². The van der Waals surface area contributed by atoms with Gasteiger partial charge in [0.05, 0.1) is 10.3 Å². The third kappa shape index (κ3) is 4.95. The monoisotopic (exact) mass is 440 g/mol. The molecule has 5 nitrogen and oxygen atoms in total. The number of carbonyl (C=O) groups is 1. The second-order valence-electron chi connectivity index (χ2n) is 8.97. The van der Waals surface area contributed by atoms with Crippen molar-refractivity contribution in [2.45, 2.75) is 81.1 Å². The van der Waals surface area contributed by atoms with E-state index in [1.54, 1.807) is 24.3 Å². The fourth-order valence-corrected chi connectivity index (χ4v) is 5.60. The maximum Gasteiger partial charge on any atom is 0.261 e. The summed E-state index contributed by atoms with van der Waals surface area (Å²) in [5.74, 6) is 0.125. The fraction of sp³-hybridized carbons (Fsp3) is 0.480. The van der Waals surface area contributed by atoms with Gasteiger partial charge in [-0.1, -0.05) is 56.9 Å². The SMILES string of the molecule is CCCc1ccc(S(=O)(=O)Nc2ccc(C3(C(=O)NC4CCCCC4)CC3)cc2)cc1. The highest BCUT2D eigenvalue weighted by atomic mass is 32.2. The summed E-state index contributed by atoms with van der Waals surface area (Å²) < 4.78 is 28.1. The van der Waals surface area contributed by atoms with Gasteiger partial charge in [0.15, 0.2) is 0 Å². The zero-order chi connectivity index (χ0) is 21.9. The van der Waals surface area contributed by atoms with Gasteiger partial charge in [0.25, 0.3) is 10.0 Å². The molecule has 0 heterocycles. The van der Waals surface area contributed by atoms with Crippen molar-refractivity contribution in [3.05, 3.63) is 59.7 Å². The molecule has 6 heteroatoms. The number of benzene rings is 2. The summed E-state index contributed by atoms with van der Waals surface area (Å²) >= 11 is 0. The van der Waals surface area contributed by atoms with Crippen molar-refractivity contribution in [3.8, 4) is 0 Å². The molecule has 1 amide bonds. The molecule has 2 aromatic carbocycles. The molecule has 2 fully saturated rings. The maximum atomic E-state index is 12.9. The zero-order valence-corrected chi connectivity index (χ0v) is 19.0. The molecule has 2 saturated carbocycles. The fourth-order valence-electron chi connectivity index (χ4n) is 4.54. The Morgan fingerprint density at radius 2 is 1.61 bits per heavy atom. The molecule has 2 N–H and O–H groups in total. The van der Waals surface area contributed by atoms with Crippen LogP contribution in [-0.4, -0.2) is 20.4 Å². The lowest BCUT2D eigenvalue weighted by molar-refractivity contribution is -0.124. The Labute approximate surface area is 185 Å². The third-order valence-electron chi connectivity index (χ3n) is 6.59. The van der Waals surface area contributed by atoms with Gasteiger partial charge in [0, 0.05) is 11.7 Å². The second kappa shape index (κ2) is 9.03. The average molecular weight is 441 g/mol. The van der Waals surface area contributed by atoms with E-state index in [1.807, 2.05) is 24.3 Å². The van der Waals surface area contributed by atoms with Crippen LogP contribution in [0.1, 0.15) is 69.4 Å². The Morgan fingerprint density at radius 3 is 2.19 bits per heavy atom. The predicted molar refractivity (Wildman–Crippen MR) is 124 cm³/mol. The van der Waals surface area contributed by atoms with Crippen LogP contribution < -0.4 is 10.0 Å². The summed E-state index contributed by atoms with van der Waals surface area (Å²) in [6, 6.07) is 14.6. The summed E-state index contributed by atoms with van der Waals surface area (Å²) in [6.45, 7) is 2.10. The molecule has 0 aliphatic heterocycles. The Balaban J connectivity index is 1.42. The van der Waals surface area contributed by atoms with Gasteiger partial charge < -0.3 is 5.32 Å². The summed E-state index contributed by atoms with van der Waals surface area (Å²) in [4.78, 5) is 13.2. The van der Waals surface area contributed by atoms with Crippen molar-refractivity contribution in [3.63, 3.8) is 0 Å². The smallest absolute Gasteiger partial charge is 0.261 e. The quantitative estimate of drug-likeness (QED) is 0.612. The van der Waals surface area contributed by atoms with Gasteiger partial charge in [-0.3, -0.25) is 9.52 Å². The number of amides is 1. The average Bonchev–Trinajstić information content (AvgIpc) is 3.58. The molecule has 0 atom stereocenters. The molecular formula is C25H32N2O3S. The molecular weight excluding hydrogens is 408 g/mol. The van der Waals surface area contributed by atoms with E-state index in [0.717, 1.165) is 49.7 Å². The summed E-state index contributed by atoms with van der Waals surface area (Å²) in [5, 5.41) is 3.26. The van der Waals surface area contributed by atoms with Crippen LogP contribution in [0.3, 0.4) is 0 Å². The van der Waals surface area contributed by atoms with Gasteiger partial charge in [-0.05, 0) is 67.5 Å². The third-order valence-corrected chi connectivity index (χ3v) is 7.98. The summed E-state index contributed by atoms with van der Waals surface area (Å²) in [7, 11) is -3.64. The Kier molecular flexibility index (Phi) is 6.37. The first-order chi connectivity index (χ1) is 14.9. The van der Waals surface area contributed by atoms with E-state index in [1.165, 1.54) is 19.3 Å². The molecule has 2 aromatic rings. The summed E-state index contributed by atoms with van der Waals surface area (Å²) in [6.07, 6.45) is 9.44. The van der Waals surface area contributed by atoms with E-state index in [4.69, 9.17) is 0 Å². The topological polar surface area (TPSA) is 75.3 Å². The van der Waals surface area contributed by atoms with Crippen molar-refractivity contribution in [1.82, 2.24) is 5.32 Å². The minimum absolute atomic E-state index is 0.125. The van der Waals surface area contributed by atoms with Gasteiger partial charge in [-0.15, -0.1) is 0 Å². The van der Waals surface area contributed by atoms with Gasteiger partial charge in [-0.25, -0.2) is 8.42 Å². The normalized spacial score (nSPS) is 18.4. The number of sulfonamides is 1. The van der Waals surface area contributed by atoms with E-state index in [-0.39, 0.29) is 10.8 Å². The number of hydrogen-bond donors (Lipinski definition) is 2. The van der Waals surface area contributed by atoms with Crippen LogP contribution in [-0.2, 0) is 26.7 Å². The number of hydrogen-bond acceptors (Lipinski definition) is 3. The van der Waals surface area contributed by atoms with Crippen LogP contribution in [0, 0.1) is 0 Å². The van der Waals surface area contributed by atoms with E-state index >= 15 is 0 Å². The second-order valence-corrected chi connectivity index (χ2v) is 10.6. The minimum atomic E-state index is -3.64. The van der Waals surface area contributed by atoms with Crippen molar-refractivity contribution in [2.75, 3.05) is 4.72 Å². The van der Waals surface area contributed by atoms with E-state index in [0.29, 0.717) is 11.7 Å². The number of rotatable bonds is 8. The van der Waals surface area contributed by atoms with E-state index in [9.17, 15) is 13.2 Å². The van der Waals surface area contributed by atoms with Crippen molar-refractivity contribution in [1.29, 1.82) is 0 Å².